The van der Waals surface area contributed by atoms with Gasteiger partial charge in [0, 0.05) is 18.8 Å². The van der Waals surface area contributed by atoms with Crippen molar-refractivity contribution in [3.8, 4) is 0 Å². The first-order valence-electron chi connectivity index (χ1n) is 8.48. The maximum absolute atomic E-state index is 12.2. The number of carbonyl (C=O) groups excluding carboxylic acids is 1. The molecule has 3 rings (SSSR count). The summed E-state index contributed by atoms with van der Waals surface area (Å²) >= 11 is 0. The van der Waals surface area contributed by atoms with Crippen LogP contribution in [0.15, 0.2) is 48.5 Å². The summed E-state index contributed by atoms with van der Waals surface area (Å²) in [5.74, 6) is -0.433. The highest BCUT2D eigenvalue weighted by atomic mass is 16.6. The Labute approximate surface area is 144 Å². The lowest BCUT2D eigenvalue weighted by atomic mass is 10.0. The van der Waals surface area contributed by atoms with Gasteiger partial charge in [0.25, 0.3) is 0 Å². The molecule has 0 N–H and O–H groups in total. The van der Waals surface area contributed by atoms with Crippen molar-refractivity contribution in [2.75, 3.05) is 4.90 Å². The summed E-state index contributed by atoms with van der Waals surface area (Å²) in [4.78, 5) is 14.6. The van der Waals surface area contributed by atoms with E-state index in [9.17, 15) is 4.79 Å². The highest BCUT2D eigenvalue weighted by Gasteiger charge is 2.23. The molecule has 0 aliphatic carbocycles. The number of hydrogen-bond donors (Lipinski definition) is 0. The fraction of sp³-hybridized carbons (Fsp3) is 0.381. The molecule has 1 unspecified atom stereocenters. The predicted octanol–water partition coefficient (Wildman–Crippen LogP) is 4.65. The van der Waals surface area contributed by atoms with E-state index in [-0.39, 0.29) is 11.9 Å². The molecule has 1 atom stereocenters. The molecule has 0 bridgehead atoms. The molecule has 0 aromatic heterocycles. The fourth-order valence-corrected chi connectivity index (χ4v) is 3.02. The number of rotatable bonds is 3. The maximum atomic E-state index is 12.2. The van der Waals surface area contributed by atoms with Crippen LogP contribution in [0.2, 0.25) is 0 Å². The summed E-state index contributed by atoms with van der Waals surface area (Å²) in [6.45, 7) is 9.46. The summed E-state index contributed by atoms with van der Waals surface area (Å²) < 4.78 is 5.48. The number of nitrogens with zero attached hydrogens (tertiary/aromatic N) is 1. The summed E-state index contributed by atoms with van der Waals surface area (Å²) in [6, 6.07) is 16.8. The second-order valence-corrected chi connectivity index (χ2v) is 7.47. The van der Waals surface area contributed by atoms with Crippen LogP contribution in [0, 0.1) is 0 Å². The first kappa shape index (κ1) is 16.6. The van der Waals surface area contributed by atoms with Crippen LogP contribution in [0.25, 0.3) is 0 Å². The average molecular weight is 323 g/mol. The molecule has 0 spiro atoms. The number of carbonyl (C=O) groups is 1. The van der Waals surface area contributed by atoms with Crippen LogP contribution in [-0.4, -0.2) is 11.6 Å². The van der Waals surface area contributed by atoms with Crippen molar-refractivity contribution >= 4 is 11.7 Å². The molecule has 24 heavy (non-hydrogen) atoms. The van der Waals surface area contributed by atoms with Crippen LogP contribution >= 0.6 is 0 Å². The Kier molecular flexibility index (Phi) is 4.35. The van der Waals surface area contributed by atoms with Crippen molar-refractivity contribution in [2.24, 2.45) is 0 Å². The normalized spacial score (nSPS) is 15.1. The molecule has 0 amide bonds. The summed E-state index contributed by atoms with van der Waals surface area (Å²) in [5, 5.41) is 0. The molecule has 2 aromatic rings. The quantitative estimate of drug-likeness (QED) is 0.770. The van der Waals surface area contributed by atoms with Crippen molar-refractivity contribution in [1.82, 2.24) is 0 Å². The van der Waals surface area contributed by atoms with Crippen molar-refractivity contribution < 1.29 is 9.53 Å². The van der Waals surface area contributed by atoms with Gasteiger partial charge >= 0.3 is 5.97 Å². The SMILES string of the molecule is CC(C(=O)OC(C)(C)C)c1ccc(N2Cc3ccccc3C2)cc1. The van der Waals surface area contributed by atoms with Crippen LogP contribution < -0.4 is 4.90 Å². The molecule has 0 saturated heterocycles. The van der Waals surface area contributed by atoms with E-state index < -0.39 is 5.60 Å². The minimum absolute atomic E-state index is 0.177. The van der Waals surface area contributed by atoms with Gasteiger partial charge in [-0.1, -0.05) is 36.4 Å². The van der Waals surface area contributed by atoms with Gasteiger partial charge in [0.05, 0.1) is 5.92 Å². The molecule has 2 aromatic carbocycles. The summed E-state index contributed by atoms with van der Waals surface area (Å²) in [7, 11) is 0. The van der Waals surface area contributed by atoms with Gasteiger partial charge in [0.1, 0.15) is 5.60 Å². The van der Waals surface area contributed by atoms with Crippen molar-refractivity contribution in [3.05, 3.63) is 65.2 Å². The largest absolute Gasteiger partial charge is 0.460 e. The standard InChI is InChI=1S/C21H25NO2/c1-15(20(23)24-21(2,3)4)16-9-11-19(12-10-16)22-13-17-7-5-6-8-18(17)14-22/h5-12,15H,13-14H2,1-4H3. The molecule has 3 nitrogen and oxygen atoms in total. The van der Waals surface area contributed by atoms with Gasteiger partial charge in [-0.25, -0.2) is 0 Å². The smallest absolute Gasteiger partial charge is 0.313 e. The Morgan fingerprint density at radius 2 is 1.54 bits per heavy atom. The van der Waals surface area contributed by atoms with Gasteiger partial charge in [0.15, 0.2) is 0 Å². The summed E-state index contributed by atoms with van der Waals surface area (Å²) in [6.07, 6.45) is 0. The molecule has 1 aliphatic heterocycles. The average Bonchev–Trinajstić information content (AvgIpc) is 2.96. The van der Waals surface area contributed by atoms with E-state index in [2.05, 4.69) is 41.3 Å². The third kappa shape index (κ3) is 3.61. The van der Waals surface area contributed by atoms with Gasteiger partial charge in [-0.05, 0) is 56.5 Å². The zero-order chi connectivity index (χ0) is 17.3. The third-order valence-corrected chi connectivity index (χ3v) is 4.36. The van der Waals surface area contributed by atoms with E-state index in [0.717, 1.165) is 18.7 Å². The Hall–Kier alpha value is -2.29. The van der Waals surface area contributed by atoms with E-state index in [1.807, 2.05) is 39.8 Å². The first-order valence-corrected chi connectivity index (χ1v) is 8.48. The number of fused-ring (bicyclic) bond motifs is 1. The molecular weight excluding hydrogens is 298 g/mol. The highest BCUT2D eigenvalue weighted by Crippen LogP contribution is 2.29. The Bertz CT molecular complexity index is 703. The highest BCUT2D eigenvalue weighted by molar-refractivity contribution is 5.78. The first-order chi connectivity index (χ1) is 11.3. The second-order valence-electron chi connectivity index (χ2n) is 7.47. The zero-order valence-electron chi connectivity index (χ0n) is 14.9. The van der Waals surface area contributed by atoms with Gasteiger partial charge in [-0.3, -0.25) is 4.79 Å². The Morgan fingerprint density at radius 3 is 2.04 bits per heavy atom. The van der Waals surface area contributed by atoms with E-state index >= 15 is 0 Å². The number of esters is 1. The second kappa shape index (κ2) is 6.31. The number of anilines is 1. The lowest BCUT2D eigenvalue weighted by Crippen LogP contribution is -2.26. The van der Waals surface area contributed by atoms with Gasteiger partial charge in [0.2, 0.25) is 0 Å². The molecule has 0 fully saturated rings. The maximum Gasteiger partial charge on any atom is 0.313 e. The van der Waals surface area contributed by atoms with Gasteiger partial charge < -0.3 is 9.64 Å². The van der Waals surface area contributed by atoms with Crippen LogP contribution in [0.1, 0.15) is 50.3 Å². The lowest BCUT2D eigenvalue weighted by Gasteiger charge is -2.23. The number of ether oxygens (including phenoxy) is 1. The van der Waals surface area contributed by atoms with Crippen LogP contribution in [-0.2, 0) is 22.6 Å². The van der Waals surface area contributed by atoms with E-state index in [0.29, 0.717) is 0 Å². The lowest BCUT2D eigenvalue weighted by molar-refractivity contribution is -0.156. The zero-order valence-corrected chi connectivity index (χ0v) is 14.9. The number of benzene rings is 2. The van der Waals surface area contributed by atoms with E-state index in [1.54, 1.807) is 0 Å². The third-order valence-electron chi connectivity index (χ3n) is 4.36. The van der Waals surface area contributed by atoms with E-state index in [1.165, 1.54) is 16.8 Å². The fourth-order valence-electron chi connectivity index (χ4n) is 3.02. The predicted molar refractivity (Wildman–Crippen MR) is 97.0 cm³/mol. The molecule has 0 saturated carbocycles. The van der Waals surface area contributed by atoms with Crippen LogP contribution in [0.4, 0.5) is 5.69 Å². The number of hydrogen-bond acceptors (Lipinski definition) is 3. The van der Waals surface area contributed by atoms with Gasteiger partial charge in [-0.2, -0.15) is 0 Å². The Balaban J connectivity index is 1.69. The van der Waals surface area contributed by atoms with Crippen molar-refractivity contribution in [1.29, 1.82) is 0 Å². The van der Waals surface area contributed by atoms with Crippen LogP contribution in [0.3, 0.4) is 0 Å². The summed E-state index contributed by atoms with van der Waals surface area (Å²) in [5.41, 5.74) is 4.51. The Morgan fingerprint density at radius 1 is 1.00 bits per heavy atom. The topological polar surface area (TPSA) is 29.5 Å². The van der Waals surface area contributed by atoms with Crippen molar-refractivity contribution in [2.45, 2.75) is 52.3 Å². The van der Waals surface area contributed by atoms with E-state index in [4.69, 9.17) is 4.74 Å². The molecule has 126 valence electrons. The molecule has 1 aliphatic rings. The molecule has 0 radical (unpaired) electrons. The van der Waals surface area contributed by atoms with Crippen LogP contribution in [0.5, 0.6) is 0 Å². The minimum Gasteiger partial charge on any atom is -0.460 e. The van der Waals surface area contributed by atoms with Gasteiger partial charge in [-0.15, -0.1) is 0 Å². The molecule has 1 heterocycles. The molecular formula is C21H25NO2. The van der Waals surface area contributed by atoms with Crippen molar-refractivity contribution in [3.63, 3.8) is 0 Å². The molecule has 3 heteroatoms. The minimum atomic E-state index is -0.452. The monoisotopic (exact) mass is 323 g/mol.